The number of methoxy groups -OCH3 is 2. The number of hydrogen-bond acceptors (Lipinski definition) is 7. The lowest BCUT2D eigenvalue weighted by Gasteiger charge is -2.10. The highest BCUT2D eigenvalue weighted by Gasteiger charge is 2.15. The molecule has 0 spiro atoms. The van der Waals surface area contributed by atoms with Crippen LogP contribution in [0.2, 0.25) is 0 Å². The lowest BCUT2D eigenvalue weighted by Crippen LogP contribution is -2.15. The zero-order valence-electron chi connectivity index (χ0n) is 17.6. The van der Waals surface area contributed by atoms with E-state index in [0.717, 1.165) is 5.56 Å². The molecule has 1 aromatic heterocycles. The predicted molar refractivity (Wildman–Crippen MR) is 120 cm³/mol. The molecule has 0 unspecified atom stereocenters. The number of amides is 2. The molecule has 9 nitrogen and oxygen atoms in total. The van der Waals surface area contributed by atoms with E-state index in [-0.39, 0.29) is 17.6 Å². The number of hydrogen-bond donors (Lipinski definition) is 2. The van der Waals surface area contributed by atoms with Crippen molar-refractivity contribution in [2.24, 2.45) is 7.05 Å². The van der Waals surface area contributed by atoms with Crippen LogP contribution in [-0.4, -0.2) is 46.6 Å². The molecule has 0 saturated heterocycles. The highest BCUT2D eigenvalue weighted by Crippen LogP contribution is 2.32. The first-order chi connectivity index (χ1) is 14.9. The molecule has 3 rings (SSSR count). The fourth-order valence-electron chi connectivity index (χ4n) is 2.87. The van der Waals surface area contributed by atoms with Crippen molar-refractivity contribution in [1.29, 1.82) is 0 Å². The molecule has 0 atom stereocenters. The van der Waals surface area contributed by atoms with Crippen molar-refractivity contribution in [3.8, 4) is 22.9 Å². The van der Waals surface area contributed by atoms with Gasteiger partial charge in [0.15, 0.2) is 22.5 Å². The minimum atomic E-state index is -0.194. The van der Waals surface area contributed by atoms with Crippen molar-refractivity contribution in [3.05, 3.63) is 42.5 Å². The number of nitrogens with zero attached hydrogens (tertiary/aromatic N) is 3. The Bertz CT molecular complexity index is 1100. The summed E-state index contributed by atoms with van der Waals surface area (Å²) in [5, 5.41) is 14.5. The van der Waals surface area contributed by atoms with E-state index in [1.807, 2.05) is 23.7 Å². The molecule has 0 radical (unpaired) electrons. The molecule has 10 heteroatoms. The standard InChI is InChI=1S/C21H23N5O4S/c1-13(27)22-15-6-5-7-16(11-15)23-19(28)12-31-21-25-24-20(26(21)2)14-8-9-17(29-3)18(10-14)30-4/h5-11H,12H2,1-4H3,(H,22,27)(H,23,28). The lowest BCUT2D eigenvalue weighted by molar-refractivity contribution is -0.114. The summed E-state index contributed by atoms with van der Waals surface area (Å²) in [6.45, 7) is 1.43. The van der Waals surface area contributed by atoms with Crippen molar-refractivity contribution in [2.45, 2.75) is 12.1 Å². The minimum absolute atomic E-state index is 0.155. The van der Waals surface area contributed by atoms with Gasteiger partial charge in [0.2, 0.25) is 11.8 Å². The summed E-state index contributed by atoms with van der Waals surface area (Å²) in [5.74, 6) is 1.65. The molecule has 0 aliphatic rings. The van der Waals surface area contributed by atoms with E-state index in [1.165, 1.54) is 18.7 Å². The number of anilines is 2. The fraction of sp³-hybridized carbons (Fsp3) is 0.238. The van der Waals surface area contributed by atoms with Crippen LogP contribution in [0, 0.1) is 0 Å². The number of aromatic nitrogens is 3. The normalized spacial score (nSPS) is 10.5. The highest BCUT2D eigenvalue weighted by molar-refractivity contribution is 7.99. The molecule has 0 aliphatic heterocycles. The number of ether oxygens (including phenoxy) is 2. The van der Waals surface area contributed by atoms with Gasteiger partial charge in [-0.1, -0.05) is 17.8 Å². The average Bonchev–Trinajstić information content (AvgIpc) is 3.11. The Kier molecular flexibility index (Phi) is 7.14. The Morgan fingerprint density at radius 3 is 2.39 bits per heavy atom. The van der Waals surface area contributed by atoms with Crippen LogP contribution in [0.1, 0.15) is 6.92 Å². The minimum Gasteiger partial charge on any atom is -0.493 e. The topological polar surface area (TPSA) is 107 Å². The Morgan fingerprint density at radius 1 is 1.00 bits per heavy atom. The fourth-order valence-corrected chi connectivity index (χ4v) is 3.58. The highest BCUT2D eigenvalue weighted by atomic mass is 32.2. The van der Waals surface area contributed by atoms with Gasteiger partial charge in [-0.15, -0.1) is 10.2 Å². The molecule has 2 aromatic carbocycles. The maximum absolute atomic E-state index is 12.4. The molecular weight excluding hydrogens is 418 g/mol. The number of thioether (sulfide) groups is 1. The van der Waals surface area contributed by atoms with Gasteiger partial charge in [0, 0.05) is 30.9 Å². The smallest absolute Gasteiger partial charge is 0.234 e. The molecule has 0 saturated carbocycles. The van der Waals surface area contributed by atoms with Crippen molar-refractivity contribution < 1.29 is 19.1 Å². The van der Waals surface area contributed by atoms with E-state index >= 15 is 0 Å². The van der Waals surface area contributed by atoms with Gasteiger partial charge in [-0.25, -0.2) is 0 Å². The van der Waals surface area contributed by atoms with Crippen LogP contribution in [0.15, 0.2) is 47.6 Å². The van der Waals surface area contributed by atoms with E-state index in [9.17, 15) is 9.59 Å². The molecular formula is C21H23N5O4S. The van der Waals surface area contributed by atoms with Crippen LogP contribution in [0.3, 0.4) is 0 Å². The van der Waals surface area contributed by atoms with Crippen LogP contribution in [0.25, 0.3) is 11.4 Å². The number of benzene rings is 2. The first-order valence-corrected chi connectivity index (χ1v) is 10.3. The van der Waals surface area contributed by atoms with E-state index < -0.39 is 0 Å². The Balaban J connectivity index is 1.65. The molecule has 0 fully saturated rings. The van der Waals surface area contributed by atoms with Crippen molar-refractivity contribution in [3.63, 3.8) is 0 Å². The molecule has 3 aromatic rings. The van der Waals surface area contributed by atoms with Gasteiger partial charge in [0.1, 0.15) is 0 Å². The monoisotopic (exact) mass is 441 g/mol. The van der Waals surface area contributed by atoms with E-state index in [2.05, 4.69) is 20.8 Å². The van der Waals surface area contributed by atoms with Crippen LogP contribution < -0.4 is 20.1 Å². The second-order valence-electron chi connectivity index (χ2n) is 6.53. The van der Waals surface area contributed by atoms with E-state index in [4.69, 9.17) is 9.47 Å². The second-order valence-corrected chi connectivity index (χ2v) is 7.48. The second kappa shape index (κ2) is 9.98. The third-order valence-electron chi connectivity index (χ3n) is 4.28. The third kappa shape index (κ3) is 5.54. The summed E-state index contributed by atoms with van der Waals surface area (Å²) < 4.78 is 12.4. The molecule has 162 valence electrons. The Hall–Kier alpha value is -3.53. The molecule has 0 aliphatic carbocycles. The number of rotatable bonds is 8. The predicted octanol–water partition coefficient (Wildman–Crippen LogP) is 3.19. The van der Waals surface area contributed by atoms with Crippen molar-refractivity contribution >= 4 is 35.0 Å². The zero-order chi connectivity index (χ0) is 22.4. The third-order valence-corrected chi connectivity index (χ3v) is 5.30. The van der Waals surface area contributed by atoms with Crippen LogP contribution in [-0.2, 0) is 16.6 Å². The van der Waals surface area contributed by atoms with Crippen LogP contribution in [0.4, 0.5) is 11.4 Å². The number of nitrogens with one attached hydrogen (secondary N) is 2. The summed E-state index contributed by atoms with van der Waals surface area (Å²) in [6.07, 6.45) is 0. The molecule has 31 heavy (non-hydrogen) atoms. The first kappa shape index (κ1) is 22.2. The van der Waals surface area contributed by atoms with E-state index in [1.54, 1.807) is 44.6 Å². The van der Waals surface area contributed by atoms with Crippen molar-refractivity contribution in [1.82, 2.24) is 14.8 Å². The zero-order valence-corrected chi connectivity index (χ0v) is 18.4. The van der Waals surface area contributed by atoms with Gasteiger partial charge in [-0.05, 0) is 36.4 Å². The summed E-state index contributed by atoms with van der Waals surface area (Å²) >= 11 is 1.27. The maximum Gasteiger partial charge on any atom is 0.234 e. The Morgan fingerprint density at radius 2 is 1.71 bits per heavy atom. The van der Waals surface area contributed by atoms with Gasteiger partial charge < -0.3 is 24.7 Å². The van der Waals surface area contributed by atoms with Crippen LogP contribution >= 0.6 is 11.8 Å². The number of carbonyl (C=O) groups excluding carboxylic acids is 2. The van der Waals surface area contributed by atoms with Gasteiger partial charge >= 0.3 is 0 Å². The quantitative estimate of drug-likeness (QED) is 0.517. The molecule has 0 bridgehead atoms. The van der Waals surface area contributed by atoms with Gasteiger partial charge in [-0.2, -0.15) is 0 Å². The van der Waals surface area contributed by atoms with Gasteiger partial charge in [0.25, 0.3) is 0 Å². The van der Waals surface area contributed by atoms with Crippen LogP contribution in [0.5, 0.6) is 11.5 Å². The lowest BCUT2D eigenvalue weighted by atomic mass is 10.2. The Labute approximate surface area is 184 Å². The summed E-state index contributed by atoms with van der Waals surface area (Å²) in [4.78, 5) is 23.5. The SMILES string of the molecule is COc1ccc(-c2nnc(SCC(=O)Nc3cccc(NC(C)=O)c3)n2C)cc1OC. The number of carbonyl (C=O) groups is 2. The average molecular weight is 442 g/mol. The van der Waals surface area contributed by atoms with Gasteiger partial charge in [-0.3, -0.25) is 9.59 Å². The largest absolute Gasteiger partial charge is 0.493 e. The molecule has 2 amide bonds. The van der Waals surface area contributed by atoms with E-state index in [0.29, 0.717) is 33.9 Å². The molecule has 2 N–H and O–H groups in total. The van der Waals surface area contributed by atoms with Crippen molar-refractivity contribution in [2.75, 3.05) is 30.6 Å². The summed E-state index contributed by atoms with van der Waals surface area (Å²) in [6, 6.07) is 12.5. The maximum atomic E-state index is 12.4. The summed E-state index contributed by atoms with van der Waals surface area (Å²) in [5.41, 5.74) is 2.03. The van der Waals surface area contributed by atoms with Gasteiger partial charge in [0.05, 0.1) is 20.0 Å². The summed E-state index contributed by atoms with van der Waals surface area (Å²) in [7, 11) is 4.99. The molecule has 1 heterocycles. The first-order valence-electron chi connectivity index (χ1n) is 9.33.